The number of benzene rings is 1. The fourth-order valence-electron chi connectivity index (χ4n) is 1.97. The number of ether oxygens (including phenoxy) is 1. The van der Waals surface area contributed by atoms with Crippen molar-refractivity contribution in [2.45, 2.75) is 29.9 Å². The van der Waals surface area contributed by atoms with E-state index in [1.54, 1.807) is 19.2 Å². The van der Waals surface area contributed by atoms with Crippen LogP contribution in [0.2, 0.25) is 0 Å². The Balaban J connectivity index is 2.21. The van der Waals surface area contributed by atoms with Gasteiger partial charge in [0.1, 0.15) is 4.90 Å². The number of hydrogen-bond acceptors (Lipinski definition) is 4. The van der Waals surface area contributed by atoms with Gasteiger partial charge in [-0.3, -0.25) is 0 Å². The van der Waals surface area contributed by atoms with Gasteiger partial charge in [-0.15, -0.1) is 0 Å². The lowest BCUT2D eigenvalue weighted by molar-refractivity contribution is 0.0236. The van der Waals surface area contributed by atoms with Gasteiger partial charge in [-0.1, -0.05) is 0 Å². The maximum atomic E-state index is 12.3. The molecule has 0 amide bonds. The largest absolute Gasteiger partial charge is 0.399 e. The first-order chi connectivity index (χ1) is 8.83. The molecule has 19 heavy (non-hydrogen) atoms. The number of sulfonamides is 1. The molecular weight excluding hydrogens is 400 g/mol. The van der Waals surface area contributed by atoms with Crippen LogP contribution in [0.4, 0.5) is 5.69 Å². The third-order valence-electron chi connectivity index (χ3n) is 3.04. The van der Waals surface area contributed by atoms with Crippen molar-refractivity contribution in [3.63, 3.8) is 0 Å². The number of nitrogen functional groups attached to an aromatic ring is 1. The summed E-state index contributed by atoms with van der Waals surface area (Å²) in [6, 6.07) is 3.06. The summed E-state index contributed by atoms with van der Waals surface area (Å²) in [4.78, 5) is 0.169. The minimum Gasteiger partial charge on any atom is -0.399 e. The van der Waals surface area contributed by atoms with Crippen LogP contribution in [0.15, 0.2) is 26.0 Å². The lowest BCUT2D eigenvalue weighted by Crippen LogP contribution is -2.47. The van der Waals surface area contributed by atoms with E-state index in [1.165, 1.54) is 0 Å². The summed E-state index contributed by atoms with van der Waals surface area (Å²) in [7, 11) is -1.96. The molecule has 1 aliphatic carbocycles. The van der Waals surface area contributed by atoms with Crippen LogP contribution in [0, 0.1) is 0 Å². The van der Waals surface area contributed by atoms with Crippen molar-refractivity contribution in [2.75, 3.05) is 12.8 Å². The molecule has 1 fully saturated rings. The van der Waals surface area contributed by atoms with Crippen LogP contribution in [-0.4, -0.2) is 27.7 Å². The highest BCUT2D eigenvalue weighted by molar-refractivity contribution is 9.11. The molecule has 5 nitrogen and oxygen atoms in total. The Hall–Kier alpha value is -0.150. The van der Waals surface area contributed by atoms with E-state index in [0.29, 0.717) is 27.5 Å². The van der Waals surface area contributed by atoms with Crippen molar-refractivity contribution in [2.24, 2.45) is 0 Å². The van der Waals surface area contributed by atoms with Gasteiger partial charge in [-0.25, -0.2) is 13.1 Å². The molecule has 0 radical (unpaired) electrons. The number of halogens is 2. The van der Waals surface area contributed by atoms with E-state index in [0.717, 1.165) is 0 Å². The van der Waals surface area contributed by atoms with Crippen LogP contribution in [-0.2, 0) is 14.8 Å². The summed E-state index contributed by atoms with van der Waals surface area (Å²) in [6.07, 6.45) is 1.53. The van der Waals surface area contributed by atoms with Crippen molar-refractivity contribution < 1.29 is 13.2 Å². The average Bonchev–Trinajstić information content (AvgIpc) is 2.20. The number of rotatable bonds is 4. The summed E-state index contributed by atoms with van der Waals surface area (Å²) in [5.41, 5.74) is 6.14. The van der Waals surface area contributed by atoms with Crippen molar-refractivity contribution >= 4 is 47.6 Å². The van der Waals surface area contributed by atoms with Crippen molar-refractivity contribution in [3.05, 3.63) is 21.1 Å². The normalized spacial score (nSPS) is 23.1. The Bertz CT molecular complexity index is 563. The predicted molar refractivity (Wildman–Crippen MR) is 80.4 cm³/mol. The predicted octanol–water partition coefficient (Wildman–Crippen LogP) is 2.25. The van der Waals surface area contributed by atoms with Gasteiger partial charge in [-0.05, 0) is 56.8 Å². The first-order valence-electron chi connectivity index (χ1n) is 5.63. The number of methoxy groups -OCH3 is 1. The molecule has 8 heteroatoms. The summed E-state index contributed by atoms with van der Waals surface area (Å²) in [5.74, 6) is 0. The number of hydrogen-bond donors (Lipinski definition) is 2. The van der Waals surface area contributed by atoms with E-state index in [2.05, 4.69) is 36.6 Å². The molecule has 0 aliphatic heterocycles. The molecule has 0 aromatic heterocycles. The van der Waals surface area contributed by atoms with Crippen LogP contribution in [0.1, 0.15) is 12.8 Å². The quantitative estimate of drug-likeness (QED) is 0.741. The Morgan fingerprint density at radius 3 is 2.32 bits per heavy atom. The zero-order chi connectivity index (χ0) is 14.2. The minimum atomic E-state index is -3.58. The molecule has 1 aromatic carbocycles. The summed E-state index contributed by atoms with van der Waals surface area (Å²) in [5, 5.41) is 0. The maximum Gasteiger partial charge on any atom is 0.243 e. The van der Waals surface area contributed by atoms with Crippen molar-refractivity contribution in [3.8, 4) is 0 Å². The molecule has 106 valence electrons. The number of nitrogens with one attached hydrogen (secondary N) is 1. The molecule has 0 atom stereocenters. The molecule has 0 bridgehead atoms. The van der Waals surface area contributed by atoms with Gasteiger partial charge in [0.25, 0.3) is 0 Å². The summed E-state index contributed by atoms with van der Waals surface area (Å²) in [6.45, 7) is 0. The molecule has 0 heterocycles. The van der Waals surface area contributed by atoms with E-state index in [1.807, 2.05) is 0 Å². The maximum absolute atomic E-state index is 12.3. The fraction of sp³-hybridized carbons (Fsp3) is 0.455. The molecule has 0 saturated heterocycles. The topological polar surface area (TPSA) is 81.4 Å². The third kappa shape index (κ3) is 3.30. The summed E-state index contributed by atoms with van der Waals surface area (Å²) < 4.78 is 33.3. The van der Waals surface area contributed by atoms with Crippen molar-refractivity contribution in [1.82, 2.24) is 4.72 Å². The van der Waals surface area contributed by atoms with Gasteiger partial charge in [0.05, 0.1) is 6.10 Å². The molecular formula is C11H14Br2N2O3S. The zero-order valence-corrected chi connectivity index (χ0v) is 14.2. The van der Waals surface area contributed by atoms with Crippen LogP contribution in [0.5, 0.6) is 0 Å². The zero-order valence-electron chi connectivity index (χ0n) is 10.2. The second-order valence-corrected chi connectivity index (χ2v) is 7.82. The second-order valence-electron chi connectivity index (χ2n) is 4.46. The van der Waals surface area contributed by atoms with Crippen LogP contribution >= 0.6 is 31.9 Å². The van der Waals surface area contributed by atoms with E-state index < -0.39 is 10.0 Å². The smallest absolute Gasteiger partial charge is 0.243 e. The van der Waals surface area contributed by atoms with Gasteiger partial charge in [0.2, 0.25) is 10.0 Å². The highest BCUT2D eigenvalue weighted by atomic mass is 79.9. The molecule has 0 unspecified atom stereocenters. The van der Waals surface area contributed by atoms with E-state index >= 15 is 0 Å². The number of nitrogens with two attached hydrogens (primary N) is 1. The molecule has 1 aliphatic rings. The lowest BCUT2D eigenvalue weighted by Gasteiger charge is -2.34. The third-order valence-corrected chi connectivity index (χ3v) is 6.44. The molecule has 0 spiro atoms. The Labute approximate surface area is 129 Å². The Morgan fingerprint density at radius 1 is 1.32 bits per heavy atom. The van der Waals surface area contributed by atoms with Gasteiger partial charge in [0, 0.05) is 27.8 Å². The molecule has 2 rings (SSSR count). The minimum absolute atomic E-state index is 0.0775. The van der Waals surface area contributed by atoms with Gasteiger partial charge >= 0.3 is 0 Å². The van der Waals surface area contributed by atoms with Crippen LogP contribution in [0.25, 0.3) is 0 Å². The van der Waals surface area contributed by atoms with Crippen LogP contribution < -0.4 is 10.5 Å². The highest BCUT2D eigenvalue weighted by Crippen LogP contribution is 2.33. The Morgan fingerprint density at radius 2 is 1.84 bits per heavy atom. The van der Waals surface area contributed by atoms with Crippen LogP contribution in [0.3, 0.4) is 0 Å². The second kappa shape index (κ2) is 5.69. The van der Waals surface area contributed by atoms with Gasteiger partial charge in [-0.2, -0.15) is 0 Å². The standard InChI is InChI=1S/C11H14Br2N2O3S/c1-18-8-4-7(5-8)15-19(16,17)11-9(12)2-6(14)3-10(11)13/h2-3,7-8,15H,4-5,14H2,1H3. The van der Waals surface area contributed by atoms with Gasteiger partial charge in [0.15, 0.2) is 0 Å². The monoisotopic (exact) mass is 412 g/mol. The van der Waals surface area contributed by atoms with Gasteiger partial charge < -0.3 is 10.5 Å². The fourth-order valence-corrected chi connectivity index (χ4v) is 5.85. The Kier molecular flexibility index (Phi) is 4.56. The SMILES string of the molecule is COC1CC(NS(=O)(=O)c2c(Br)cc(N)cc2Br)C1. The van der Waals surface area contributed by atoms with Crippen molar-refractivity contribution in [1.29, 1.82) is 0 Å². The molecule has 1 saturated carbocycles. The summed E-state index contributed by atoms with van der Waals surface area (Å²) >= 11 is 6.47. The first kappa shape index (κ1) is 15.2. The number of anilines is 1. The average molecular weight is 414 g/mol. The highest BCUT2D eigenvalue weighted by Gasteiger charge is 2.34. The van der Waals surface area contributed by atoms with E-state index in [9.17, 15) is 8.42 Å². The molecule has 1 aromatic rings. The lowest BCUT2D eigenvalue weighted by atomic mass is 9.90. The van der Waals surface area contributed by atoms with E-state index in [4.69, 9.17) is 10.5 Å². The molecule has 3 N–H and O–H groups in total. The first-order valence-corrected chi connectivity index (χ1v) is 8.70. The van der Waals surface area contributed by atoms with E-state index in [-0.39, 0.29) is 17.0 Å².